The van der Waals surface area contributed by atoms with Gasteiger partial charge in [-0.2, -0.15) is 0 Å². The quantitative estimate of drug-likeness (QED) is 0.0980. The molecule has 352 valence electrons. The number of halogens is 1. The van der Waals surface area contributed by atoms with E-state index in [2.05, 4.69) is 19.2 Å². The molecule has 1 heterocycles. The molecule has 5 N–H and O–H groups in total. The van der Waals surface area contributed by atoms with Crippen LogP contribution >= 0.6 is 7.82 Å². The zero-order valence-corrected chi connectivity index (χ0v) is 39.7. The van der Waals surface area contributed by atoms with Crippen LogP contribution in [0.4, 0.5) is 0 Å². The topological polar surface area (TPSA) is 198 Å². The smallest absolute Gasteiger partial charge is 0.524 e. The van der Waals surface area contributed by atoms with Gasteiger partial charge in [0.25, 0.3) is 0 Å². The molecule has 10 atom stereocenters. The van der Waals surface area contributed by atoms with Crippen molar-refractivity contribution in [3.8, 4) is 5.75 Å². The van der Waals surface area contributed by atoms with Crippen molar-refractivity contribution in [1.82, 2.24) is 5.32 Å². The molecular formula is C47H70ClN2O12P. The molecule has 1 unspecified atom stereocenters. The van der Waals surface area contributed by atoms with Gasteiger partial charge in [0.2, 0.25) is 5.78 Å². The number of carbonyl (C=O) groups excluding carboxylic acids is 3. The van der Waals surface area contributed by atoms with Crippen LogP contribution < -0.4 is 22.2 Å². The summed E-state index contributed by atoms with van der Waals surface area (Å²) in [6.45, 7) is 14.4. The first-order valence-corrected chi connectivity index (χ1v) is 24.4. The monoisotopic (exact) mass is 920 g/mol. The van der Waals surface area contributed by atoms with Crippen molar-refractivity contribution in [1.29, 1.82) is 0 Å². The minimum Gasteiger partial charge on any atom is -1.00 e. The number of carbonyl (C=O) groups is 3. The molecule has 16 heteroatoms. The predicted octanol–water partition coefficient (Wildman–Crippen LogP) is 3.00. The average Bonchev–Trinajstić information content (AvgIpc) is 3.72. The van der Waals surface area contributed by atoms with Crippen LogP contribution in [0.5, 0.6) is 5.75 Å². The number of esters is 1. The molecule has 1 aliphatic heterocycles. The molecule has 63 heavy (non-hydrogen) atoms. The van der Waals surface area contributed by atoms with E-state index in [1.807, 2.05) is 40.7 Å². The van der Waals surface area contributed by atoms with Crippen LogP contribution in [0.15, 0.2) is 42.0 Å². The maximum atomic E-state index is 15.1. The molecule has 1 aromatic carbocycles. The van der Waals surface area contributed by atoms with Crippen molar-refractivity contribution >= 4 is 25.4 Å². The minimum absolute atomic E-state index is 0. The third-order valence-corrected chi connectivity index (χ3v) is 16.3. The Bertz CT molecular complexity index is 1990. The van der Waals surface area contributed by atoms with Crippen molar-refractivity contribution in [3.05, 3.63) is 53.1 Å². The lowest BCUT2D eigenvalue weighted by Gasteiger charge is -2.59. The summed E-state index contributed by atoms with van der Waals surface area (Å²) in [5.74, 6) is -1.07. The number of allylic oxidation sites excluding steroid dienone is 4. The van der Waals surface area contributed by atoms with Crippen LogP contribution in [0.3, 0.4) is 0 Å². The molecule has 0 bridgehead atoms. The van der Waals surface area contributed by atoms with Gasteiger partial charge in [-0.15, -0.1) is 0 Å². The Morgan fingerprint density at radius 2 is 1.78 bits per heavy atom. The van der Waals surface area contributed by atoms with Crippen LogP contribution in [-0.2, 0) is 39.7 Å². The summed E-state index contributed by atoms with van der Waals surface area (Å²) >= 11 is 0. The molecule has 14 nitrogen and oxygen atoms in total. The number of likely N-dealkylation sites (N-methyl/N-ethyl adjacent to an activating group) is 1. The van der Waals surface area contributed by atoms with Crippen LogP contribution in [-0.4, -0.2) is 104 Å². The van der Waals surface area contributed by atoms with E-state index < -0.39 is 61.4 Å². The number of nitrogens with zero attached hydrogens (tertiary/aromatic N) is 1. The molecule has 0 amide bonds. The standard InChI is InChI=1S/C47H69N2O12P.ClH/c1-8-49(9-2,26-31-21-30(37(52)25-48-44(3,4)5)15-18-38(31)61-62(55,56)57)27-41(54)58-28-39(53)47-40(59-43(60-47)29-13-11-10-12-14-29)23-35-34-17-16-32-22-33(50)19-20-45(32,6)42(34)36(51)24-46(35,47)7;/h15,18-22,29,34-37,40,42-43,48,51-52H,8-14,16-17,23-28H2,1-7H3,(H-,55,56,57);1H/t34-,35-,36-,37?,40+,42+,43+,45-,46-,47+;/m0./s1. The Hall–Kier alpha value is -2.49. The zero-order valence-electron chi connectivity index (χ0n) is 38.0. The summed E-state index contributed by atoms with van der Waals surface area (Å²) in [5, 5.41) is 26.6. The molecular weight excluding hydrogens is 851 g/mol. The van der Waals surface area contributed by atoms with Crippen molar-refractivity contribution in [3.63, 3.8) is 0 Å². The van der Waals surface area contributed by atoms with E-state index in [1.165, 1.54) is 6.07 Å². The molecule has 1 aromatic rings. The number of phosphoric acid groups is 1. The third-order valence-electron chi connectivity index (χ3n) is 15.9. The minimum atomic E-state index is -4.96. The highest BCUT2D eigenvalue weighted by Gasteiger charge is 2.76. The predicted molar refractivity (Wildman–Crippen MR) is 230 cm³/mol. The number of aliphatic hydroxyl groups excluding tert-OH is 2. The molecule has 1 saturated heterocycles. The lowest BCUT2D eigenvalue weighted by atomic mass is 9.46. The van der Waals surface area contributed by atoms with Gasteiger partial charge in [-0.3, -0.25) is 19.4 Å². The normalized spacial score (nSPS) is 33.6. The number of nitrogens with one attached hydrogen (secondary N) is 1. The lowest BCUT2D eigenvalue weighted by molar-refractivity contribution is -0.931. The molecule has 5 fully saturated rings. The van der Waals surface area contributed by atoms with Gasteiger partial charge in [-0.1, -0.05) is 50.8 Å². The van der Waals surface area contributed by atoms with Gasteiger partial charge in [0.05, 0.1) is 31.4 Å². The van der Waals surface area contributed by atoms with Crippen LogP contribution in [0, 0.1) is 34.5 Å². The molecule has 7 rings (SSSR count). The first-order chi connectivity index (χ1) is 29.1. The second kappa shape index (κ2) is 18.7. The number of quaternary nitrogens is 1. The Balaban J connectivity index is 0.00000661. The number of Topliss-reactive ketones (excluding diaryl/α,β-unsaturated/α-hetero) is 1. The van der Waals surface area contributed by atoms with Crippen molar-refractivity contribution < 1.29 is 74.6 Å². The second-order valence-electron chi connectivity index (χ2n) is 20.7. The Morgan fingerprint density at radius 3 is 2.43 bits per heavy atom. The van der Waals surface area contributed by atoms with E-state index >= 15 is 4.79 Å². The average molecular weight is 922 g/mol. The summed E-state index contributed by atoms with van der Waals surface area (Å²) in [6, 6.07) is 4.64. The van der Waals surface area contributed by atoms with Crippen molar-refractivity contribution in [2.24, 2.45) is 34.5 Å². The van der Waals surface area contributed by atoms with E-state index in [1.54, 1.807) is 24.3 Å². The van der Waals surface area contributed by atoms with E-state index in [9.17, 15) is 34.2 Å². The number of β-amino-alcohol motifs (C(OH)–C–C–N with tert-alkyl or cyclic N) is 1. The van der Waals surface area contributed by atoms with E-state index in [4.69, 9.17) is 18.7 Å². The number of hydrogen-bond acceptors (Lipinski definition) is 11. The van der Waals surface area contributed by atoms with Gasteiger partial charge >= 0.3 is 13.8 Å². The number of fused-ring (bicyclic) bond motifs is 7. The molecule has 0 aromatic heterocycles. The van der Waals surface area contributed by atoms with Gasteiger partial charge in [0.1, 0.15) is 12.3 Å². The van der Waals surface area contributed by atoms with Gasteiger partial charge in [-0.05, 0) is 115 Å². The number of hydrogen-bond donors (Lipinski definition) is 5. The summed E-state index contributed by atoms with van der Waals surface area (Å²) in [7, 11) is -4.96. The maximum absolute atomic E-state index is 15.1. The highest BCUT2D eigenvalue weighted by atomic mass is 35.5. The number of benzene rings is 1. The van der Waals surface area contributed by atoms with Crippen molar-refractivity contribution in [2.45, 2.75) is 149 Å². The van der Waals surface area contributed by atoms with Gasteiger partial charge < -0.3 is 51.2 Å². The Morgan fingerprint density at radius 1 is 1.08 bits per heavy atom. The van der Waals surface area contributed by atoms with Gasteiger partial charge in [-0.25, -0.2) is 9.36 Å². The lowest BCUT2D eigenvalue weighted by Crippen LogP contribution is -3.00. The summed E-state index contributed by atoms with van der Waals surface area (Å²) < 4.78 is 37.1. The van der Waals surface area contributed by atoms with Crippen LogP contribution in [0.1, 0.15) is 123 Å². The Kier molecular flexibility index (Phi) is 14.8. The van der Waals surface area contributed by atoms with Gasteiger partial charge in [0, 0.05) is 40.3 Å². The number of rotatable bonds is 15. The van der Waals surface area contributed by atoms with Crippen molar-refractivity contribution in [2.75, 3.05) is 32.8 Å². The first kappa shape index (κ1) is 49.9. The molecule has 6 aliphatic rings. The fraction of sp³-hybridized carbons (Fsp3) is 0.723. The zero-order chi connectivity index (χ0) is 45.0. The van der Waals surface area contributed by atoms with E-state index in [-0.39, 0.29) is 83.1 Å². The highest BCUT2D eigenvalue weighted by molar-refractivity contribution is 7.46. The summed E-state index contributed by atoms with van der Waals surface area (Å²) in [4.78, 5) is 61.0. The molecule has 4 saturated carbocycles. The summed E-state index contributed by atoms with van der Waals surface area (Å²) in [6.07, 6.45) is 9.96. The number of aliphatic hydroxyl groups is 2. The SMILES string of the molecule is CC[N+](CC)(CC(=O)OCC(=O)[C@@]12O[C@H](C3CCCCC3)O[C@@H]1C[C@H]1[C@@H]3CCC4=CC(=O)C=C[C@]4(C)[C@H]3[C@@H](O)C[C@@]12C)Cc1cc(C(O)CNC(C)(C)C)ccc1OP(=O)(O)O.[Cl-]. The fourth-order valence-corrected chi connectivity index (χ4v) is 13.0. The highest BCUT2D eigenvalue weighted by Crippen LogP contribution is 2.70. The third kappa shape index (κ3) is 9.69. The second-order valence-corrected chi connectivity index (χ2v) is 21.8. The fourth-order valence-electron chi connectivity index (χ4n) is 12.5. The molecule has 0 spiro atoms. The first-order valence-electron chi connectivity index (χ1n) is 22.9. The maximum Gasteiger partial charge on any atom is 0.524 e. The van der Waals surface area contributed by atoms with Crippen LogP contribution in [0.25, 0.3) is 0 Å². The number of ether oxygens (including phenoxy) is 3. The largest absolute Gasteiger partial charge is 1.00 e. The molecule has 0 radical (unpaired) electrons. The number of ketones is 2. The Labute approximate surface area is 378 Å². The summed E-state index contributed by atoms with van der Waals surface area (Å²) in [5.41, 5.74) is -1.05. The van der Waals surface area contributed by atoms with Crippen LogP contribution in [0.2, 0.25) is 0 Å². The number of phosphoric ester groups is 1. The van der Waals surface area contributed by atoms with E-state index in [0.717, 1.165) is 50.5 Å². The van der Waals surface area contributed by atoms with Gasteiger partial charge in [0.15, 0.2) is 30.8 Å². The molecule has 5 aliphatic carbocycles. The van der Waals surface area contributed by atoms with E-state index in [0.29, 0.717) is 37.1 Å².